The molecule has 0 fully saturated rings. The molecule has 0 saturated heterocycles. The fraction of sp³-hybridized carbons (Fsp3) is 0.375. The van der Waals surface area contributed by atoms with Crippen molar-refractivity contribution >= 4 is 0 Å². The van der Waals surface area contributed by atoms with Crippen LogP contribution in [0.1, 0.15) is 16.8 Å². The predicted molar refractivity (Wildman–Crippen MR) is 44.4 cm³/mol. The lowest BCUT2D eigenvalue weighted by atomic mass is 10.1. The normalized spacial score (nSPS) is 9.46. The zero-order valence-corrected chi connectivity index (χ0v) is 7.23. The lowest BCUT2D eigenvalue weighted by Crippen LogP contribution is -1.98. The third-order valence-electron chi connectivity index (χ3n) is 1.76. The minimum Gasteiger partial charge on any atom is -0.870 e. The number of hydrogen-bond acceptors (Lipinski definition) is 5. The molecule has 0 bridgehead atoms. The number of rotatable bonds is 2. The highest BCUT2D eigenvalue weighted by Gasteiger charge is 2.09. The van der Waals surface area contributed by atoms with Gasteiger partial charge in [-0.2, -0.15) is 0 Å². The third kappa shape index (κ3) is 2.15. The van der Waals surface area contributed by atoms with Gasteiger partial charge in [0.1, 0.15) is 5.75 Å². The maximum atomic E-state index is 9.38. The van der Waals surface area contributed by atoms with E-state index in [9.17, 15) is 5.11 Å². The summed E-state index contributed by atoms with van der Waals surface area (Å²) in [4.78, 5) is 3.84. The summed E-state index contributed by atoms with van der Waals surface area (Å²) in [6, 6.07) is 0. The summed E-state index contributed by atoms with van der Waals surface area (Å²) in [5, 5.41) is 27.0. The second-order valence-corrected chi connectivity index (χ2v) is 2.51. The maximum absolute atomic E-state index is 9.38. The topological polar surface area (TPSA) is 104 Å². The fourth-order valence-electron chi connectivity index (χ4n) is 0.997. The number of hydrogen-bond donors (Lipinski definition) is 3. The Bertz CT molecular complexity index is 288. The van der Waals surface area contributed by atoms with Crippen LogP contribution in [0.2, 0.25) is 0 Å². The summed E-state index contributed by atoms with van der Waals surface area (Å²) in [5.41, 5.74) is 1.27. The van der Waals surface area contributed by atoms with Crippen molar-refractivity contribution in [3.8, 4) is 5.75 Å². The van der Waals surface area contributed by atoms with Crippen molar-refractivity contribution in [1.82, 2.24) is 4.98 Å². The van der Waals surface area contributed by atoms with Gasteiger partial charge in [0.25, 0.3) is 0 Å². The molecule has 0 aliphatic rings. The first-order chi connectivity index (χ1) is 5.70. The van der Waals surface area contributed by atoms with Crippen LogP contribution in [0, 0.1) is 6.92 Å². The van der Waals surface area contributed by atoms with E-state index < -0.39 is 0 Å². The molecule has 0 spiro atoms. The summed E-state index contributed by atoms with van der Waals surface area (Å²) in [5.74, 6) is -0.0379. The van der Waals surface area contributed by atoms with Crippen LogP contribution in [0.25, 0.3) is 0 Å². The molecule has 5 heteroatoms. The van der Waals surface area contributed by atoms with Crippen LogP contribution in [-0.2, 0) is 13.2 Å². The van der Waals surface area contributed by atoms with Gasteiger partial charge in [0.2, 0.25) is 0 Å². The molecular formula is C8H12NO4-. The summed E-state index contributed by atoms with van der Waals surface area (Å²) < 4.78 is 0. The van der Waals surface area contributed by atoms with E-state index in [1.165, 1.54) is 6.20 Å². The average molecular weight is 186 g/mol. The fourth-order valence-corrected chi connectivity index (χ4v) is 0.997. The molecule has 4 N–H and O–H groups in total. The van der Waals surface area contributed by atoms with E-state index in [2.05, 4.69) is 4.98 Å². The molecule has 5 nitrogen and oxygen atoms in total. The first-order valence-electron chi connectivity index (χ1n) is 3.58. The first-order valence-corrected chi connectivity index (χ1v) is 3.58. The molecule has 0 atom stereocenters. The Kier molecular flexibility index (Phi) is 4.33. The van der Waals surface area contributed by atoms with E-state index in [4.69, 9.17) is 10.2 Å². The number of aliphatic hydroxyl groups is 2. The van der Waals surface area contributed by atoms with Gasteiger partial charge in [0, 0.05) is 17.3 Å². The smallest absolute Gasteiger partial charge is 0.142 e. The van der Waals surface area contributed by atoms with E-state index in [1.54, 1.807) is 6.92 Å². The summed E-state index contributed by atoms with van der Waals surface area (Å²) in [6.45, 7) is 1.12. The van der Waals surface area contributed by atoms with Gasteiger partial charge in [-0.15, -0.1) is 0 Å². The molecule has 0 radical (unpaired) electrons. The van der Waals surface area contributed by atoms with Gasteiger partial charge < -0.3 is 20.8 Å². The molecule has 1 rings (SSSR count). The van der Waals surface area contributed by atoms with Crippen LogP contribution >= 0.6 is 0 Å². The lowest BCUT2D eigenvalue weighted by Gasteiger charge is -2.07. The largest absolute Gasteiger partial charge is 0.870 e. The molecule has 0 aliphatic heterocycles. The number of nitrogens with zero attached hydrogens (tertiary/aromatic N) is 1. The second-order valence-electron chi connectivity index (χ2n) is 2.51. The average Bonchev–Trinajstić information content (AvgIpc) is 2.09. The zero-order valence-electron chi connectivity index (χ0n) is 7.23. The zero-order chi connectivity index (χ0) is 9.14. The van der Waals surface area contributed by atoms with Gasteiger partial charge >= 0.3 is 0 Å². The van der Waals surface area contributed by atoms with Crippen molar-refractivity contribution in [2.24, 2.45) is 0 Å². The summed E-state index contributed by atoms with van der Waals surface area (Å²) in [7, 11) is 0. The van der Waals surface area contributed by atoms with Crippen LogP contribution < -0.4 is 0 Å². The van der Waals surface area contributed by atoms with Crippen LogP contribution in [-0.4, -0.2) is 25.8 Å². The minimum atomic E-state index is -0.287. The van der Waals surface area contributed by atoms with Crippen LogP contribution in [0.4, 0.5) is 0 Å². The molecule has 0 saturated carbocycles. The molecular weight excluding hydrogens is 174 g/mol. The number of aromatic hydroxyl groups is 1. The minimum absolute atomic E-state index is 0. The Hall–Kier alpha value is -1.17. The standard InChI is InChI=1S/C8H11NO3.H2O/c1-5-8(12)7(4-11)6(3-10)2-9-5;/h2,10-12H,3-4H2,1H3;1H2/p-1. The Morgan fingerprint density at radius 3 is 2.38 bits per heavy atom. The van der Waals surface area contributed by atoms with E-state index in [0.29, 0.717) is 16.8 Å². The molecule has 0 aliphatic carbocycles. The SMILES string of the molecule is Cc1ncc(CO)c(CO)c1O.[OH-]. The summed E-state index contributed by atoms with van der Waals surface area (Å²) >= 11 is 0. The number of pyridine rings is 1. The highest BCUT2D eigenvalue weighted by Crippen LogP contribution is 2.23. The van der Waals surface area contributed by atoms with Gasteiger partial charge in [-0.1, -0.05) is 0 Å². The van der Waals surface area contributed by atoms with E-state index in [1.807, 2.05) is 0 Å². The number of aryl methyl sites for hydroxylation is 1. The van der Waals surface area contributed by atoms with Gasteiger partial charge in [-0.05, 0) is 6.92 Å². The van der Waals surface area contributed by atoms with Gasteiger partial charge in [-0.25, -0.2) is 0 Å². The predicted octanol–water partition coefficient (Wildman–Crippen LogP) is -0.0966. The highest BCUT2D eigenvalue weighted by atomic mass is 16.3. The summed E-state index contributed by atoms with van der Waals surface area (Å²) in [6.07, 6.45) is 1.45. The second kappa shape index (κ2) is 4.76. The molecule has 13 heavy (non-hydrogen) atoms. The van der Waals surface area contributed by atoms with E-state index in [0.717, 1.165) is 0 Å². The maximum Gasteiger partial charge on any atom is 0.142 e. The van der Waals surface area contributed by atoms with Crippen LogP contribution in [0.15, 0.2) is 6.20 Å². The molecule has 0 unspecified atom stereocenters. The van der Waals surface area contributed by atoms with Gasteiger partial charge in [0.15, 0.2) is 0 Å². The molecule has 1 heterocycles. The Labute approximate surface area is 75.6 Å². The Morgan fingerprint density at radius 2 is 1.92 bits per heavy atom. The van der Waals surface area contributed by atoms with Crippen molar-refractivity contribution in [3.05, 3.63) is 23.0 Å². The molecule has 1 aromatic rings. The van der Waals surface area contributed by atoms with E-state index >= 15 is 0 Å². The van der Waals surface area contributed by atoms with Crippen molar-refractivity contribution < 1.29 is 20.8 Å². The molecule has 74 valence electrons. The molecule has 0 amide bonds. The third-order valence-corrected chi connectivity index (χ3v) is 1.76. The van der Waals surface area contributed by atoms with Gasteiger partial charge in [0.05, 0.1) is 18.9 Å². The van der Waals surface area contributed by atoms with Crippen LogP contribution in [0.5, 0.6) is 5.75 Å². The van der Waals surface area contributed by atoms with Crippen molar-refractivity contribution in [1.29, 1.82) is 0 Å². The highest BCUT2D eigenvalue weighted by molar-refractivity contribution is 5.39. The molecule has 0 aromatic carbocycles. The van der Waals surface area contributed by atoms with Crippen LogP contribution in [0.3, 0.4) is 0 Å². The first kappa shape index (κ1) is 11.8. The lowest BCUT2D eigenvalue weighted by molar-refractivity contribution is 0.254. The Balaban J connectivity index is 0.00000144. The Morgan fingerprint density at radius 1 is 1.31 bits per heavy atom. The van der Waals surface area contributed by atoms with Crippen molar-refractivity contribution in [3.63, 3.8) is 0 Å². The van der Waals surface area contributed by atoms with Gasteiger partial charge in [-0.3, -0.25) is 4.98 Å². The number of aliphatic hydroxyl groups excluding tert-OH is 2. The quantitative estimate of drug-likeness (QED) is 0.598. The number of aromatic nitrogens is 1. The monoisotopic (exact) mass is 186 g/mol. The van der Waals surface area contributed by atoms with Crippen molar-refractivity contribution in [2.45, 2.75) is 20.1 Å². The molecule has 1 aromatic heterocycles. The van der Waals surface area contributed by atoms with Crippen molar-refractivity contribution in [2.75, 3.05) is 0 Å². The van der Waals surface area contributed by atoms with E-state index in [-0.39, 0.29) is 24.4 Å².